The molecule has 1 N–H and O–H groups in total. The number of hydrogen-bond acceptors (Lipinski definition) is 2. The van der Waals surface area contributed by atoms with E-state index in [1.807, 2.05) is 6.20 Å². The molecule has 2 rings (SSSR count). The highest BCUT2D eigenvalue weighted by molar-refractivity contribution is 5.00. The topological polar surface area (TPSA) is 38.0 Å². The van der Waals surface area contributed by atoms with Crippen LogP contribution in [0.2, 0.25) is 0 Å². The van der Waals surface area contributed by atoms with Gasteiger partial charge < -0.3 is 9.67 Å². The number of imidazole rings is 1. The minimum absolute atomic E-state index is 0.371. The van der Waals surface area contributed by atoms with Gasteiger partial charge in [-0.1, -0.05) is 19.3 Å². The van der Waals surface area contributed by atoms with E-state index in [-0.39, 0.29) is 6.10 Å². The van der Waals surface area contributed by atoms with Crippen molar-refractivity contribution < 1.29 is 5.11 Å². The van der Waals surface area contributed by atoms with Crippen molar-refractivity contribution in [3.8, 4) is 0 Å². The molecule has 0 bridgehead atoms. The molecule has 1 aliphatic carbocycles. The van der Waals surface area contributed by atoms with Crippen LogP contribution in [0.3, 0.4) is 0 Å². The minimum atomic E-state index is -0.377. The lowest BCUT2D eigenvalue weighted by Crippen LogP contribution is -2.20. The summed E-state index contributed by atoms with van der Waals surface area (Å²) in [5, 5.41) is 10.4. The molecule has 16 heavy (non-hydrogen) atoms. The number of nitrogens with zero attached hydrogens (tertiary/aromatic N) is 2. The average Bonchev–Trinajstić information content (AvgIpc) is 2.78. The Kier molecular flexibility index (Phi) is 3.64. The van der Waals surface area contributed by atoms with Gasteiger partial charge in [0.15, 0.2) is 0 Å². The van der Waals surface area contributed by atoms with Crippen LogP contribution in [0.15, 0.2) is 12.4 Å². The Morgan fingerprint density at radius 2 is 2.00 bits per heavy atom. The van der Waals surface area contributed by atoms with Crippen molar-refractivity contribution >= 4 is 0 Å². The summed E-state index contributed by atoms with van der Waals surface area (Å²) in [6.07, 6.45) is 9.50. The molecule has 1 heterocycles. The highest BCUT2D eigenvalue weighted by Crippen LogP contribution is 2.34. The Bertz CT molecular complexity index is 326. The van der Waals surface area contributed by atoms with E-state index in [0.717, 1.165) is 18.7 Å². The molecule has 1 atom stereocenters. The van der Waals surface area contributed by atoms with Gasteiger partial charge in [0.2, 0.25) is 0 Å². The molecule has 0 spiro atoms. The third-order valence-electron chi connectivity index (χ3n) is 3.62. The molecular weight excluding hydrogens is 200 g/mol. The first-order valence-electron chi connectivity index (χ1n) is 6.41. The zero-order chi connectivity index (χ0) is 11.5. The average molecular weight is 222 g/mol. The summed E-state index contributed by atoms with van der Waals surface area (Å²) in [5.74, 6) is 1.26. The molecule has 1 aromatic heterocycles. The van der Waals surface area contributed by atoms with Crippen molar-refractivity contribution in [3.05, 3.63) is 18.2 Å². The molecule has 0 saturated heterocycles. The summed E-state index contributed by atoms with van der Waals surface area (Å²) >= 11 is 0. The van der Waals surface area contributed by atoms with Crippen LogP contribution in [0.5, 0.6) is 0 Å². The molecule has 1 aliphatic rings. The standard InChI is InChI=1S/C13H22N2O/c1-10(2)15-9-8-14-13(15)12(16)11-6-4-3-5-7-11/h8-12,16H,3-7H2,1-2H3. The highest BCUT2D eigenvalue weighted by atomic mass is 16.3. The first-order chi connectivity index (χ1) is 7.70. The maximum absolute atomic E-state index is 10.4. The van der Waals surface area contributed by atoms with Crippen molar-refractivity contribution in [3.63, 3.8) is 0 Å². The lowest BCUT2D eigenvalue weighted by molar-refractivity contribution is 0.0730. The number of aliphatic hydroxyl groups is 1. The van der Waals surface area contributed by atoms with E-state index in [9.17, 15) is 5.11 Å². The van der Waals surface area contributed by atoms with Gasteiger partial charge in [-0.05, 0) is 32.6 Å². The Hall–Kier alpha value is -0.830. The number of hydrogen-bond donors (Lipinski definition) is 1. The quantitative estimate of drug-likeness (QED) is 0.853. The lowest BCUT2D eigenvalue weighted by atomic mass is 9.85. The van der Waals surface area contributed by atoms with Crippen molar-refractivity contribution in [2.24, 2.45) is 5.92 Å². The summed E-state index contributed by atoms with van der Waals surface area (Å²) in [4.78, 5) is 4.33. The van der Waals surface area contributed by atoms with Crippen LogP contribution in [0, 0.1) is 5.92 Å². The van der Waals surface area contributed by atoms with E-state index in [4.69, 9.17) is 0 Å². The van der Waals surface area contributed by atoms with Gasteiger partial charge in [0, 0.05) is 18.4 Å². The maximum Gasteiger partial charge on any atom is 0.138 e. The Balaban J connectivity index is 2.12. The molecule has 1 aromatic rings. The zero-order valence-electron chi connectivity index (χ0n) is 10.3. The highest BCUT2D eigenvalue weighted by Gasteiger charge is 2.26. The fourth-order valence-corrected chi connectivity index (χ4v) is 2.65. The molecule has 90 valence electrons. The van der Waals surface area contributed by atoms with Gasteiger partial charge in [0.1, 0.15) is 11.9 Å². The summed E-state index contributed by atoms with van der Waals surface area (Å²) in [6, 6.07) is 0.371. The SMILES string of the molecule is CC(C)n1ccnc1C(O)C1CCCCC1. The second kappa shape index (κ2) is 5.00. The van der Waals surface area contributed by atoms with E-state index in [1.54, 1.807) is 6.20 Å². The van der Waals surface area contributed by atoms with Crippen LogP contribution >= 0.6 is 0 Å². The van der Waals surface area contributed by atoms with E-state index < -0.39 is 0 Å². The van der Waals surface area contributed by atoms with E-state index in [1.165, 1.54) is 19.3 Å². The largest absolute Gasteiger partial charge is 0.385 e. The van der Waals surface area contributed by atoms with Crippen LogP contribution in [-0.4, -0.2) is 14.7 Å². The molecule has 0 amide bonds. The van der Waals surface area contributed by atoms with Gasteiger partial charge in [-0.2, -0.15) is 0 Å². The molecule has 3 nitrogen and oxygen atoms in total. The molecule has 0 aromatic carbocycles. The van der Waals surface area contributed by atoms with E-state index >= 15 is 0 Å². The van der Waals surface area contributed by atoms with Crippen LogP contribution in [-0.2, 0) is 0 Å². The monoisotopic (exact) mass is 222 g/mol. The zero-order valence-corrected chi connectivity index (χ0v) is 10.3. The van der Waals surface area contributed by atoms with Crippen LogP contribution < -0.4 is 0 Å². The molecule has 0 aliphatic heterocycles. The first-order valence-corrected chi connectivity index (χ1v) is 6.41. The van der Waals surface area contributed by atoms with Crippen LogP contribution in [0.4, 0.5) is 0 Å². The van der Waals surface area contributed by atoms with Crippen molar-refractivity contribution in [2.75, 3.05) is 0 Å². The van der Waals surface area contributed by atoms with E-state index in [0.29, 0.717) is 12.0 Å². The third kappa shape index (κ3) is 2.29. The van der Waals surface area contributed by atoms with Gasteiger partial charge in [-0.15, -0.1) is 0 Å². The van der Waals surface area contributed by atoms with Crippen molar-refractivity contribution in [1.82, 2.24) is 9.55 Å². The summed E-state index contributed by atoms with van der Waals surface area (Å²) in [5.41, 5.74) is 0. The van der Waals surface area contributed by atoms with Crippen LogP contribution in [0.1, 0.15) is 63.9 Å². The molecule has 3 heteroatoms. The summed E-state index contributed by atoms with van der Waals surface area (Å²) < 4.78 is 2.08. The normalized spacial score (nSPS) is 20.2. The van der Waals surface area contributed by atoms with Gasteiger partial charge in [0.25, 0.3) is 0 Å². The Morgan fingerprint density at radius 3 is 2.62 bits per heavy atom. The fourth-order valence-electron chi connectivity index (χ4n) is 2.65. The summed E-state index contributed by atoms with van der Waals surface area (Å²) in [6.45, 7) is 4.25. The van der Waals surface area contributed by atoms with E-state index in [2.05, 4.69) is 23.4 Å². The predicted octanol–water partition coefficient (Wildman–Crippen LogP) is 3.08. The Morgan fingerprint density at radius 1 is 1.31 bits per heavy atom. The maximum atomic E-state index is 10.4. The smallest absolute Gasteiger partial charge is 0.138 e. The Labute approximate surface area is 97.5 Å². The van der Waals surface area contributed by atoms with Gasteiger partial charge >= 0.3 is 0 Å². The molecule has 1 fully saturated rings. The first kappa shape index (κ1) is 11.6. The molecule has 0 radical (unpaired) electrons. The summed E-state index contributed by atoms with van der Waals surface area (Å²) in [7, 11) is 0. The van der Waals surface area contributed by atoms with Gasteiger partial charge in [0.05, 0.1) is 0 Å². The van der Waals surface area contributed by atoms with Gasteiger partial charge in [-0.25, -0.2) is 4.98 Å². The van der Waals surface area contributed by atoms with Crippen LogP contribution in [0.25, 0.3) is 0 Å². The molecule has 1 unspecified atom stereocenters. The lowest BCUT2D eigenvalue weighted by Gasteiger charge is -2.27. The fraction of sp³-hybridized carbons (Fsp3) is 0.769. The number of aromatic nitrogens is 2. The van der Waals surface area contributed by atoms with Gasteiger partial charge in [-0.3, -0.25) is 0 Å². The second-order valence-electron chi connectivity index (χ2n) is 5.13. The van der Waals surface area contributed by atoms with Crippen molar-refractivity contribution in [2.45, 2.75) is 58.1 Å². The minimum Gasteiger partial charge on any atom is -0.385 e. The molecular formula is C13H22N2O. The third-order valence-corrected chi connectivity index (χ3v) is 3.62. The second-order valence-corrected chi connectivity index (χ2v) is 5.13. The predicted molar refractivity (Wildman–Crippen MR) is 64.1 cm³/mol. The van der Waals surface area contributed by atoms with Crippen molar-refractivity contribution in [1.29, 1.82) is 0 Å². The molecule has 1 saturated carbocycles. The number of rotatable bonds is 3. The number of aliphatic hydroxyl groups excluding tert-OH is 1.